The van der Waals surface area contributed by atoms with Crippen molar-refractivity contribution in [1.82, 2.24) is 4.98 Å². The predicted octanol–water partition coefficient (Wildman–Crippen LogP) is 5.38. The molecule has 19 heavy (non-hydrogen) atoms. The number of nitrogens with zero attached hydrogens (tertiary/aromatic N) is 1. The predicted molar refractivity (Wildman–Crippen MR) is 87.3 cm³/mol. The van der Waals surface area contributed by atoms with E-state index >= 15 is 0 Å². The highest BCUT2D eigenvalue weighted by atomic mass is 79.9. The highest BCUT2D eigenvalue weighted by molar-refractivity contribution is 9.10. The van der Waals surface area contributed by atoms with Crippen LogP contribution in [0.5, 0.6) is 0 Å². The van der Waals surface area contributed by atoms with Gasteiger partial charge in [0.2, 0.25) is 0 Å². The molecule has 102 valence electrons. The maximum atomic E-state index is 6.34. The van der Waals surface area contributed by atoms with Crippen molar-refractivity contribution in [1.29, 1.82) is 0 Å². The third-order valence-corrected chi connectivity index (χ3v) is 3.71. The lowest BCUT2D eigenvalue weighted by atomic mass is 9.90. The number of hydrogen-bond donors (Lipinski definition) is 1. The number of pyridine rings is 1. The quantitative estimate of drug-likeness (QED) is 0.793. The van der Waals surface area contributed by atoms with Crippen molar-refractivity contribution >= 4 is 44.1 Å². The van der Waals surface area contributed by atoms with Crippen molar-refractivity contribution in [3.8, 4) is 0 Å². The van der Waals surface area contributed by atoms with Crippen LogP contribution >= 0.6 is 27.5 Å². The minimum absolute atomic E-state index is 0.00519. The first-order valence-corrected chi connectivity index (χ1v) is 7.54. The molecule has 0 aliphatic carbocycles. The van der Waals surface area contributed by atoms with Crippen LogP contribution < -0.4 is 5.32 Å². The Morgan fingerprint density at radius 2 is 1.95 bits per heavy atom. The third-order valence-electron chi connectivity index (χ3n) is 2.97. The normalized spacial score (nSPS) is 11.9. The SMILES string of the molecule is CCNc1cc(C(C)(C)C)nc2c(Cl)cc(Br)cc12. The molecule has 0 fully saturated rings. The largest absolute Gasteiger partial charge is 0.385 e. The molecule has 2 aromatic rings. The molecule has 0 aliphatic heterocycles. The topological polar surface area (TPSA) is 24.9 Å². The second kappa shape index (κ2) is 5.29. The Bertz CT molecular complexity index is 618. The zero-order chi connectivity index (χ0) is 14.2. The number of halogens is 2. The minimum Gasteiger partial charge on any atom is -0.385 e. The lowest BCUT2D eigenvalue weighted by molar-refractivity contribution is 0.572. The van der Waals surface area contributed by atoms with Gasteiger partial charge in [-0.2, -0.15) is 0 Å². The van der Waals surface area contributed by atoms with Gasteiger partial charge in [0, 0.05) is 33.2 Å². The van der Waals surface area contributed by atoms with Gasteiger partial charge in [-0.25, -0.2) is 0 Å². The Morgan fingerprint density at radius 3 is 2.53 bits per heavy atom. The Morgan fingerprint density at radius 1 is 1.26 bits per heavy atom. The fraction of sp³-hybridized carbons (Fsp3) is 0.400. The van der Waals surface area contributed by atoms with Gasteiger partial charge >= 0.3 is 0 Å². The molecule has 0 saturated carbocycles. The zero-order valence-electron chi connectivity index (χ0n) is 11.6. The van der Waals surface area contributed by atoms with Crippen molar-refractivity contribution in [2.45, 2.75) is 33.1 Å². The third kappa shape index (κ3) is 3.03. The molecule has 4 heteroatoms. The average molecular weight is 342 g/mol. The Balaban J connectivity index is 2.79. The second-order valence-corrected chi connectivity index (χ2v) is 6.94. The van der Waals surface area contributed by atoms with E-state index in [9.17, 15) is 0 Å². The summed E-state index contributed by atoms with van der Waals surface area (Å²) in [5, 5.41) is 5.12. The number of aromatic nitrogens is 1. The average Bonchev–Trinajstić information content (AvgIpc) is 2.28. The lowest BCUT2D eigenvalue weighted by Crippen LogP contribution is -2.14. The molecule has 0 atom stereocenters. The molecule has 1 heterocycles. The summed E-state index contributed by atoms with van der Waals surface area (Å²) in [6, 6.07) is 6.06. The number of rotatable bonds is 2. The first kappa shape index (κ1) is 14.6. The van der Waals surface area contributed by atoms with Gasteiger partial charge in [-0.1, -0.05) is 48.3 Å². The Hall–Kier alpha value is -0.800. The van der Waals surface area contributed by atoms with E-state index in [2.05, 4.69) is 61.1 Å². The summed E-state index contributed by atoms with van der Waals surface area (Å²) < 4.78 is 0.967. The zero-order valence-corrected chi connectivity index (χ0v) is 14.0. The van der Waals surface area contributed by atoms with Gasteiger partial charge in [0.15, 0.2) is 0 Å². The van der Waals surface area contributed by atoms with Gasteiger partial charge in [-0.3, -0.25) is 4.98 Å². The summed E-state index contributed by atoms with van der Waals surface area (Å²) in [5.41, 5.74) is 2.98. The standard InChI is InChI=1S/C15H18BrClN2/c1-5-18-12-8-13(15(2,3)4)19-14-10(12)6-9(16)7-11(14)17/h6-8H,5H2,1-4H3,(H,18,19). The molecule has 1 N–H and O–H groups in total. The van der Waals surface area contributed by atoms with Gasteiger partial charge in [0.05, 0.1) is 10.5 Å². The van der Waals surface area contributed by atoms with E-state index in [4.69, 9.17) is 16.6 Å². The highest BCUT2D eigenvalue weighted by Crippen LogP contribution is 2.34. The summed E-state index contributed by atoms with van der Waals surface area (Å²) in [7, 11) is 0. The van der Waals surface area contributed by atoms with Crippen LogP contribution in [0.2, 0.25) is 5.02 Å². The smallest absolute Gasteiger partial charge is 0.0913 e. The molecular formula is C15H18BrClN2. The van der Waals surface area contributed by atoms with Crippen LogP contribution in [0.25, 0.3) is 10.9 Å². The molecule has 1 aromatic heterocycles. The fourth-order valence-corrected chi connectivity index (χ4v) is 2.82. The molecule has 0 spiro atoms. The van der Waals surface area contributed by atoms with E-state index in [1.165, 1.54) is 0 Å². The van der Waals surface area contributed by atoms with E-state index in [-0.39, 0.29) is 5.41 Å². The Kier molecular flexibility index (Phi) is 4.07. The summed E-state index contributed by atoms with van der Waals surface area (Å²) in [6.45, 7) is 9.42. The number of nitrogens with one attached hydrogen (secondary N) is 1. The van der Waals surface area contributed by atoms with Crippen molar-refractivity contribution in [3.05, 3.63) is 33.4 Å². The van der Waals surface area contributed by atoms with Crippen LogP contribution in [-0.2, 0) is 5.41 Å². The van der Waals surface area contributed by atoms with E-state index in [1.54, 1.807) is 0 Å². The molecule has 0 bridgehead atoms. The van der Waals surface area contributed by atoms with Crippen molar-refractivity contribution in [3.63, 3.8) is 0 Å². The van der Waals surface area contributed by atoms with Gasteiger partial charge in [0.25, 0.3) is 0 Å². The highest BCUT2D eigenvalue weighted by Gasteiger charge is 2.19. The summed E-state index contributed by atoms with van der Waals surface area (Å²) >= 11 is 9.82. The molecule has 2 nitrogen and oxygen atoms in total. The molecule has 0 saturated heterocycles. The van der Waals surface area contributed by atoms with Crippen LogP contribution in [0.3, 0.4) is 0 Å². The van der Waals surface area contributed by atoms with Crippen molar-refractivity contribution < 1.29 is 0 Å². The monoisotopic (exact) mass is 340 g/mol. The van der Waals surface area contributed by atoms with Crippen LogP contribution in [0.4, 0.5) is 5.69 Å². The fourth-order valence-electron chi connectivity index (χ4n) is 1.97. The molecule has 0 radical (unpaired) electrons. The van der Waals surface area contributed by atoms with Crippen LogP contribution in [-0.4, -0.2) is 11.5 Å². The number of hydrogen-bond acceptors (Lipinski definition) is 2. The molecule has 1 aromatic carbocycles. The van der Waals surface area contributed by atoms with E-state index in [0.717, 1.165) is 33.3 Å². The summed E-state index contributed by atoms with van der Waals surface area (Å²) in [6.07, 6.45) is 0. The molecular weight excluding hydrogens is 324 g/mol. The van der Waals surface area contributed by atoms with Gasteiger partial charge in [0.1, 0.15) is 0 Å². The molecule has 2 rings (SSSR count). The van der Waals surface area contributed by atoms with Crippen LogP contribution in [0, 0.1) is 0 Å². The van der Waals surface area contributed by atoms with Crippen molar-refractivity contribution in [2.75, 3.05) is 11.9 Å². The summed E-state index contributed by atoms with van der Waals surface area (Å²) in [5.74, 6) is 0. The maximum absolute atomic E-state index is 6.34. The van der Waals surface area contributed by atoms with Crippen molar-refractivity contribution in [2.24, 2.45) is 0 Å². The number of benzene rings is 1. The molecule has 0 amide bonds. The van der Waals surface area contributed by atoms with E-state index < -0.39 is 0 Å². The first-order chi connectivity index (χ1) is 8.82. The second-order valence-electron chi connectivity index (χ2n) is 5.62. The first-order valence-electron chi connectivity index (χ1n) is 6.37. The minimum atomic E-state index is -0.00519. The summed E-state index contributed by atoms with van der Waals surface area (Å²) in [4.78, 5) is 4.74. The Labute approximate surface area is 127 Å². The number of anilines is 1. The van der Waals surface area contributed by atoms with Crippen LogP contribution in [0.1, 0.15) is 33.4 Å². The van der Waals surface area contributed by atoms with Gasteiger partial charge < -0.3 is 5.32 Å². The lowest BCUT2D eigenvalue weighted by Gasteiger charge is -2.21. The molecule has 0 aliphatic rings. The van der Waals surface area contributed by atoms with Gasteiger partial charge in [-0.05, 0) is 25.1 Å². The van der Waals surface area contributed by atoms with Crippen LogP contribution in [0.15, 0.2) is 22.7 Å². The van der Waals surface area contributed by atoms with Gasteiger partial charge in [-0.15, -0.1) is 0 Å². The maximum Gasteiger partial charge on any atom is 0.0913 e. The van der Waals surface area contributed by atoms with E-state index in [1.807, 2.05) is 6.07 Å². The molecule has 0 unspecified atom stereocenters. The van der Waals surface area contributed by atoms with E-state index in [0.29, 0.717) is 5.02 Å². The number of fused-ring (bicyclic) bond motifs is 1.